The Labute approximate surface area is 90.9 Å². The van der Waals surface area contributed by atoms with Gasteiger partial charge in [0.25, 0.3) is 0 Å². The van der Waals surface area contributed by atoms with E-state index in [1.807, 2.05) is 31.2 Å². The van der Waals surface area contributed by atoms with Gasteiger partial charge >= 0.3 is 0 Å². The van der Waals surface area contributed by atoms with Gasteiger partial charge in [-0.05, 0) is 25.3 Å². The highest BCUT2D eigenvalue weighted by Gasteiger charge is 2.09. The molecule has 0 heterocycles. The topological polar surface area (TPSA) is 37.3 Å². The molecule has 1 unspecified atom stereocenters. The van der Waals surface area contributed by atoms with Crippen LogP contribution in [0.5, 0.6) is 0 Å². The lowest BCUT2D eigenvalue weighted by atomic mass is 9.97. The summed E-state index contributed by atoms with van der Waals surface area (Å²) in [5.74, 6) is 0.177. The zero-order chi connectivity index (χ0) is 11.3. The molecule has 0 aromatic heterocycles. The number of aryl methyl sites for hydroxylation is 1. The summed E-state index contributed by atoms with van der Waals surface area (Å²) in [6.45, 7) is 3.64. The Bertz CT molecular complexity index is 329. The van der Waals surface area contributed by atoms with Crippen molar-refractivity contribution in [3.05, 3.63) is 35.4 Å². The minimum atomic E-state index is -0.310. The maximum absolute atomic E-state index is 11.6. The second-order valence-corrected chi connectivity index (χ2v) is 3.82. The third-order valence-corrected chi connectivity index (χ3v) is 2.47. The average Bonchev–Trinajstić information content (AvgIpc) is 2.25. The van der Waals surface area contributed by atoms with Crippen molar-refractivity contribution in [1.82, 2.24) is 0 Å². The first-order valence-electron chi connectivity index (χ1n) is 5.44. The van der Waals surface area contributed by atoms with E-state index in [1.165, 1.54) is 0 Å². The lowest BCUT2D eigenvalue weighted by molar-refractivity contribution is 0.0986. The van der Waals surface area contributed by atoms with Crippen LogP contribution in [0.4, 0.5) is 0 Å². The van der Waals surface area contributed by atoms with Gasteiger partial charge in [0.15, 0.2) is 5.78 Å². The van der Waals surface area contributed by atoms with E-state index in [2.05, 4.69) is 0 Å². The van der Waals surface area contributed by atoms with Gasteiger partial charge < -0.3 is 5.11 Å². The molecule has 0 aliphatic rings. The van der Waals surface area contributed by atoms with Crippen LogP contribution in [0.15, 0.2) is 24.3 Å². The monoisotopic (exact) mass is 206 g/mol. The molecule has 0 aliphatic heterocycles. The normalized spacial score (nSPS) is 12.5. The molecule has 0 fully saturated rings. The molecule has 1 atom stereocenters. The van der Waals surface area contributed by atoms with Gasteiger partial charge in [0.1, 0.15) is 0 Å². The number of hydrogen-bond acceptors (Lipinski definition) is 2. The third-order valence-electron chi connectivity index (χ3n) is 2.47. The number of benzene rings is 1. The molecule has 1 aromatic carbocycles. The van der Waals surface area contributed by atoms with Crippen LogP contribution < -0.4 is 0 Å². The maximum Gasteiger partial charge on any atom is 0.162 e. The molecule has 0 radical (unpaired) electrons. The van der Waals surface area contributed by atoms with E-state index in [0.717, 1.165) is 17.5 Å². The van der Waals surface area contributed by atoms with E-state index in [4.69, 9.17) is 0 Å². The van der Waals surface area contributed by atoms with Crippen LogP contribution >= 0.6 is 0 Å². The van der Waals surface area contributed by atoms with E-state index < -0.39 is 0 Å². The van der Waals surface area contributed by atoms with Crippen molar-refractivity contribution in [1.29, 1.82) is 0 Å². The standard InChI is InChI=1S/C13H18O2/c1-3-13(15)12-7-5-4-6-11(12)9-8-10(2)14/h4-7,10,14H,3,8-9H2,1-2H3. The Balaban J connectivity index is 2.81. The van der Waals surface area contributed by atoms with Crippen molar-refractivity contribution < 1.29 is 9.90 Å². The summed E-state index contributed by atoms with van der Waals surface area (Å²) in [4.78, 5) is 11.6. The number of aliphatic hydroxyl groups excluding tert-OH is 1. The Kier molecular flexibility index (Phi) is 4.50. The number of Topliss-reactive ketones (excluding diaryl/α,β-unsaturated/α-hetero) is 1. The van der Waals surface area contributed by atoms with Crippen LogP contribution in [-0.2, 0) is 6.42 Å². The number of ketones is 1. The summed E-state index contributed by atoms with van der Waals surface area (Å²) in [6.07, 6.45) is 1.69. The van der Waals surface area contributed by atoms with Gasteiger partial charge in [-0.15, -0.1) is 0 Å². The molecule has 2 nitrogen and oxygen atoms in total. The van der Waals surface area contributed by atoms with E-state index in [0.29, 0.717) is 12.8 Å². The summed E-state index contributed by atoms with van der Waals surface area (Å²) < 4.78 is 0. The highest BCUT2D eigenvalue weighted by molar-refractivity contribution is 5.97. The zero-order valence-corrected chi connectivity index (χ0v) is 9.36. The predicted octanol–water partition coefficient (Wildman–Crippen LogP) is 2.59. The van der Waals surface area contributed by atoms with E-state index in [9.17, 15) is 9.90 Å². The highest BCUT2D eigenvalue weighted by Crippen LogP contribution is 2.14. The fraction of sp³-hybridized carbons (Fsp3) is 0.462. The van der Waals surface area contributed by atoms with E-state index in [1.54, 1.807) is 6.92 Å². The van der Waals surface area contributed by atoms with Gasteiger partial charge in [-0.25, -0.2) is 0 Å². The first-order chi connectivity index (χ1) is 7.15. The molecule has 0 amide bonds. The molecule has 1 aromatic rings. The summed E-state index contributed by atoms with van der Waals surface area (Å²) in [7, 11) is 0. The molecule has 0 spiro atoms. The summed E-state index contributed by atoms with van der Waals surface area (Å²) >= 11 is 0. The molecule has 0 saturated carbocycles. The number of rotatable bonds is 5. The first kappa shape index (κ1) is 11.9. The number of aliphatic hydroxyl groups is 1. The molecule has 0 aliphatic carbocycles. The summed E-state index contributed by atoms with van der Waals surface area (Å²) in [6, 6.07) is 7.65. The SMILES string of the molecule is CCC(=O)c1ccccc1CCC(C)O. The summed E-state index contributed by atoms with van der Waals surface area (Å²) in [5, 5.41) is 9.22. The van der Waals surface area contributed by atoms with Crippen LogP contribution in [0.2, 0.25) is 0 Å². The third kappa shape index (κ3) is 3.48. The van der Waals surface area contributed by atoms with Gasteiger partial charge in [0, 0.05) is 12.0 Å². The second kappa shape index (κ2) is 5.66. The van der Waals surface area contributed by atoms with Gasteiger partial charge in [0.05, 0.1) is 6.10 Å². The fourth-order valence-corrected chi connectivity index (χ4v) is 1.57. The quantitative estimate of drug-likeness (QED) is 0.752. The number of carbonyl (C=O) groups excluding carboxylic acids is 1. The van der Waals surface area contributed by atoms with Crippen LogP contribution in [0.3, 0.4) is 0 Å². The van der Waals surface area contributed by atoms with Gasteiger partial charge in [0.2, 0.25) is 0 Å². The van der Waals surface area contributed by atoms with E-state index in [-0.39, 0.29) is 11.9 Å². The van der Waals surface area contributed by atoms with Crippen molar-refractivity contribution >= 4 is 5.78 Å². The average molecular weight is 206 g/mol. The molecule has 1 N–H and O–H groups in total. The largest absolute Gasteiger partial charge is 0.393 e. The zero-order valence-electron chi connectivity index (χ0n) is 9.36. The number of carbonyl (C=O) groups is 1. The van der Waals surface area contributed by atoms with Crippen LogP contribution in [0.25, 0.3) is 0 Å². The minimum absolute atomic E-state index is 0.177. The van der Waals surface area contributed by atoms with Crippen LogP contribution in [0.1, 0.15) is 42.6 Å². The first-order valence-corrected chi connectivity index (χ1v) is 5.44. The predicted molar refractivity (Wildman–Crippen MR) is 61.1 cm³/mol. The Morgan fingerprint density at radius 1 is 1.40 bits per heavy atom. The Morgan fingerprint density at radius 3 is 2.67 bits per heavy atom. The molecule has 1 rings (SSSR count). The van der Waals surface area contributed by atoms with Crippen molar-refractivity contribution in [2.24, 2.45) is 0 Å². The van der Waals surface area contributed by atoms with Crippen LogP contribution in [0, 0.1) is 0 Å². The van der Waals surface area contributed by atoms with Crippen molar-refractivity contribution in [2.45, 2.75) is 39.2 Å². The maximum atomic E-state index is 11.6. The van der Waals surface area contributed by atoms with Gasteiger partial charge in [-0.2, -0.15) is 0 Å². The highest BCUT2D eigenvalue weighted by atomic mass is 16.3. The van der Waals surface area contributed by atoms with Gasteiger partial charge in [-0.1, -0.05) is 31.2 Å². The molecule has 0 bridgehead atoms. The van der Waals surface area contributed by atoms with Crippen molar-refractivity contribution in [3.8, 4) is 0 Å². The van der Waals surface area contributed by atoms with Crippen LogP contribution in [-0.4, -0.2) is 17.0 Å². The van der Waals surface area contributed by atoms with Crippen molar-refractivity contribution in [2.75, 3.05) is 0 Å². The van der Waals surface area contributed by atoms with Gasteiger partial charge in [-0.3, -0.25) is 4.79 Å². The lowest BCUT2D eigenvalue weighted by Crippen LogP contribution is -2.06. The number of hydrogen-bond donors (Lipinski definition) is 1. The molecule has 0 saturated heterocycles. The van der Waals surface area contributed by atoms with E-state index >= 15 is 0 Å². The van der Waals surface area contributed by atoms with Crippen molar-refractivity contribution in [3.63, 3.8) is 0 Å². The lowest BCUT2D eigenvalue weighted by Gasteiger charge is -2.08. The summed E-state index contributed by atoms with van der Waals surface area (Å²) in [5.41, 5.74) is 1.85. The Morgan fingerprint density at radius 2 is 2.07 bits per heavy atom. The molecular weight excluding hydrogens is 188 g/mol. The smallest absolute Gasteiger partial charge is 0.162 e. The Hall–Kier alpha value is -1.15. The molecule has 82 valence electrons. The molecular formula is C13H18O2. The molecule has 2 heteroatoms. The minimum Gasteiger partial charge on any atom is -0.393 e. The fourth-order valence-electron chi connectivity index (χ4n) is 1.57. The molecule has 15 heavy (non-hydrogen) atoms. The second-order valence-electron chi connectivity index (χ2n) is 3.82.